The van der Waals surface area contributed by atoms with Gasteiger partial charge in [0, 0.05) is 17.7 Å². The molecule has 0 bridgehead atoms. The maximum atomic E-state index is 15.7. The summed E-state index contributed by atoms with van der Waals surface area (Å²) < 4.78 is 46.7. The predicted molar refractivity (Wildman–Crippen MR) is 677 cm³/mol. The van der Waals surface area contributed by atoms with Crippen LogP contribution in [0.3, 0.4) is 0 Å². The summed E-state index contributed by atoms with van der Waals surface area (Å²) in [6.07, 6.45) is 148. The number of hydrogen-bond acceptors (Lipinski definition) is 6. The summed E-state index contributed by atoms with van der Waals surface area (Å²) in [7, 11) is -16.3. The minimum Gasteiger partial charge on any atom is -0.491 e. The van der Waals surface area contributed by atoms with Crippen LogP contribution in [0.25, 0.3) is 0 Å². The molecule has 0 fully saturated rings. The zero-order chi connectivity index (χ0) is 107. The molecule has 0 aromatic carbocycles. The standard InChI is InChI=1S/C136H280O6Si5/c1-14-25-36-47-58-69-80-91-102-113-124-143(125-114-103-92-81-70-59-48-37-26-15-2,126-115-104-93-82-71-60-49-38-27-16-3)139-145(129-118-107-96-85-74-63-52-41-30-19-6,130-119-108-97-86-75-64-53-42-31-20-7)141-147(133-122-111-100-89-78-67-56-45-34-23-10,134-123-112-101-90-79-68-57-46-35-24-11)142-146(131-120-109-98-87-76-65-54-43-32-21-8,132-121-110-99-88-77-66-55-44-33-22-9)140-144(138-136(137)135(12)13,127-116-105-94-83-72-61-50-39-28-17-4)128-117-106-95-84-73-62-51-40-29-18-5/h12,14-134H2,1-11,13H3. The van der Waals surface area contributed by atoms with E-state index in [2.05, 4.69) is 82.7 Å². The highest BCUT2D eigenvalue weighted by molar-refractivity contribution is 6.92. The van der Waals surface area contributed by atoms with Gasteiger partial charge in [0.25, 0.3) is 0 Å². The molecule has 0 radical (unpaired) electrons. The zero-order valence-electron chi connectivity index (χ0n) is 104. The Labute approximate surface area is 935 Å². The third kappa shape index (κ3) is 97.9. The van der Waals surface area contributed by atoms with Crippen molar-refractivity contribution in [3.8, 4) is 0 Å². The molecule has 0 aromatic rings. The van der Waals surface area contributed by atoms with E-state index in [-0.39, 0.29) is 5.97 Å². The molecule has 880 valence electrons. The minimum absolute atomic E-state index is 0.168. The molecule has 0 aromatic heterocycles. The third-order valence-corrected chi connectivity index (χ3v) is 59.8. The summed E-state index contributed by atoms with van der Waals surface area (Å²) in [5.41, 5.74) is 0.557. The topological polar surface area (TPSA) is 63.2 Å². The average Bonchev–Trinajstić information content (AvgIpc) is 0.761. The van der Waals surface area contributed by atoms with E-state index >= 15 is 4.79 Å². The molecular formula is C136H280O6Si5. The van der Waals surface area contributed by atoms with Gasteiger partial charge in [-0.15, -0.1) is 0 Å². The maximum absolute atomic E-state index is 15.7. The molecule has 11 heteroatoms. The number of hydrogen-bond donors (Lipinski definition) is 0. The van der Waals surface area contributed by atoms with Gasteiger partial charge in [-0.25, -0.2) is 4.79 Å². The van der Waals surface area contributed by atoms with E-state index in [1.165, 1.54) is 699 Å². The Morgan fingerprint density at radius 1 is 0.136 bits per heavy atom. The van der Waals surface area contributed by atoms with Crippen molar-refractivity contribution in [2.24, 2.45) is 0 Å². The second-order valence-corrected chi connectivity index (χ2v) is 68.3. The Kier molecular flexibility index (Phi) is 117. The highest BCUT2D eigenvalue weighted by Crippen LogP contribution is 2.47. The molecule has 0 unspecified atom stereocenters. The van der Waals surface area contributed by atoms with Gasteiger partial charge in [-0.3, -0.25) is 0 Å². The summed E-state index contributed by atoms with van der Waals surface area (Å²) in [6, 6.07) is 12.4. The van der Waals surface area contributed by atoms with Crippen molar-refractivity contribution in [1.29, 1.82) is 0 Å². The molecule has 0 aliphatic rings. The Balaban J connectivity index is 10.8. The van der Waals surface area contributed by atoms with Crippen molar-refractivity contribution < 1.29 is 25.7 Å². The molecule has 0 N–H and O–H groups in total. The average molecular weight is 2150 g/mol. The van der Waals surface area contributed by atoms with E-state index < -0.39 is 42.6 Å². The fourth-order valence-corrected chi connectivity index (χ4v) is 55.9. The van der Waals surface area contributed by atoms with Crippen LogP contribution in [0, 0.1) is 0 Å². The highest BCUT2D eigenvalue weighted by atomic mass is 28.5. The summed E-state index contributed by atoms with van der Waals surface area (Å²) in [4.78, 5) is 15.7. The lowest BCUT2D eigenvalue weighted by Crippen LogP contribution is -2.65. The Morgan fingerprint density at radius 3 is 0.354 bits per heavy atom. The molecule has 0 atom stereocenters. The molecule has 147 heavy (non-hydrogen) atoms. The van der Waals surface area contributed by atoms with Crippen molar-refractivity contribution in [2.45, 2.75) is 856 Å². The summed E-state index contributed by atoms with van der Waals surface area (Å²) in [5, 5.41) is 0. The Morgan fingerprint density at radius 2 is 0.231 bits per heavy atom. The first-order valence-electron chi connectivity index (χ1n) is 70.0. The second-order valence-electron chi connectivity index (χ2n) is 49.7. The molecule has 0 rings (SSSR count). The Hall–Kier alpha value is 0.134. The van der Waals surface area contributed by atoms with E-state index in [9.17, 15) is 16.5 Å². The fraction of sp³-hybridized carbons (Fsp3) is 0.978. The summed E-state index contributed by atoms with van der Waals surface area (Å²) >= 11 is 0. The van der Waals surface area contributed by atoms with Crippen LogP contribution in [0.2, 0.25) is 66.5 Å². The second kappa shape index (κ2) is 117. The highest BCUT2D eigenvalue weighted by Gasteiger charge is 2.58. The number of unbranched alkanes of at least 4 members (excludes halogenated alkanes) is 99. The predicted octanol–water partition coefficient (Wildman–Crippen LogP) is 52.0. The van der Waals surface area contributed by atoms with Crippen molar-refractivity contribution >= 4 is 48.5 Å². The van der Waals surface area contributed by atoms with Crippen molar-refractivity contribution in [1.82, 2.24) is 0 Å². The van der Waals surface area contributed by atoms with Crippen molar-refractivity contribution in [2.75, 3.05) is 0 Å². The molecule has 6 nitrogen and oxygen atoms in total. The fourth-order valence-electron chi connectivity index (χ4n) is 24.5. The molecule has 0 saturated heterocycles. The molecule has 0 spiro atoms. The van der Waals surface area contributed by atoms with Crippen molar-refractivity contribution in [3.05, 3.63) is 12.2 Å². The molecule has 0 amide bonds. The van der Waals surface area contributed by atoms with Gasteiger partial charge >= 0.3 is 40.2 Å². The zero-order valence-corrected chi connectivity index (χ0v) is 109. The van der Waals surface area contributed by atoms with Crippen LogP contribution in [0.4, 0.5) is 0 Å². The SMILES string of the molecule is C=C(C)C(=O)O[Si](CCCCCCCCCCCC)(CCCCCCCCCCCC)O[Si](CCCCCCCCCCCC)(CCCCCCCCCCCC)O[Si](CCCCCCCCCCCC)(CCCCCCCCCCCC)O[Si](CCCCCCCCCCCC)(CCCCCCCCCCCC)O[Si](CCCCCCCCCCCC)(CCCCCCCCCCCC)CCCCCCCCCCCC. The first-order chi connectivity index (χ1) is 72.3. The van der Waals surface area contributed by atoms with Crippen LogP contribution in [0.5, 0.6) is 0 Å². The third-order valence-electron chi connectivity index (χ3n) is 34.4. The smallest absolute Gasteiger partial charge is 0.393 e. The Bertz CT molecular complexity index is 2380. The first kappa shape index (κ1) is 147. The van der Waals surface area contributed by atoms with Crippen LogP contribution in [0.15, 0.2) is 12.2 Å². The molecule has 0 aliphatic carbocycles. The van der Waals surface area contributed by atoms with Crippen LogP contribution in [-0.4, -0.2) is 48.5 Å². The van der Waals surface area contributed by atoms with E-state index in [1.54, 1.807) is 0 Å². The lowest BCUT2D eigenvalue weighted by atomic mass is 10.1. The molecular weight excluding hydrogens is 1870 g/mol. The van der Waals surface area contributed by atoms with Gasteiger partial charge in [0.15, 0.2) is 8.32 Å². The molecule has 0 aliphatic heterocycles. The number of rotatable bonds is 131. The number of carbonyl (C=O) groups excluding carboxylic acids is 1. The van der Waals surface area contributed by atoms with Gasteiger partial charge in [0.1, 0.15) is 0 Å². The van der Waals surface area contributed by atoms with Crippen LogP contribution in [0.1, 0.15) is 789 Å². The summed E-state index contributed by atoms with van der Waals surface area (Å²) in [6.45, 7) is 32.8. The maximum Gasteiger partial charge on any atom is 0.393 e. The van der Waals surface area contributed by atoms with E-state index in [0.29, 0.717) is 5.57 Å². The molecule has 0 saturated carbocycles. The van der Waals surface area contributed by atoms with Gasteiger partial charge in [-0.05, 0) is 61.3 Å². The van der Waals surface area contributed by atoms with Crippen molar-refractivity contribution in [3.63, 3.8) is 0 Å². The lowest BCUT2D eigenvalue weighted by Gasteiger charge is -2.50. The molecule has 0 heterocycles. The monoisotopic (exact) mass is 2150 g/mol. The quantitative estimate of drug-likeness (QED) is 0.0344. The largest absolute Gasteiger partial charge is 0.491 e. The van der Waals surface area contributed by atoms with E-state index in [0.717, 1.165) is 74.0 Å². The van der Waals surface area contributed by atoms with Gasteiger partial charge in [0.05, 0.1) is 0 Å². The van der Waals surface area contributed by atoms with E-state index in [4.69, 9.17) is 4.43 Å². The normalized spacial score (nSPS) is 12.4. The lowest BCUT2D eigenvalue weighted by molar-refractivity contribution is -0.132. The van der Waals surface area contributed by atoms with Crippen LogP contribution >= 0.6 is 0 Å². The van der Waals surface area contributed by atoms with E-state index in [1.807, 2.05) is 6.92 Å². The number of carbonyl (C=O) groups is 1. The summed E-state index contributed by atoms with van der Waals surface area (Å²) in [5.74, 6) is -0.168. The van der Waals surface area contributed by atoms with Gasteiger partial charge in [0.2, 0.25) is 0 Å². The van der Waals surface area contributed by atoms with Gasteiger partial charge in [-0.1, -0.05) is 789 Å². The van der Waals surface area contributed by atoms with Crippen LogP contribution in [-0.2, 0) is 25.7 Å². The van der Waals surface area contributed by atoms with Gasteiger partial charge < -0.3 is 20.9 Å². The van der Waals surface area contributed by atoms with Crippen LogP contribution < -0.4 is 0 Å². The minimum atomic E-state index is -3.50. The van der Waals surface area contributed by atoms with Gasteiger partial charge in [-0.2, -0.15) is 0 Å². The first-order valence-corrected chi connectivity index (χ1v) is 81.5.